The van der Waals surface area contributed by atoms with Gasteiger partial charge >= 0.3 is 5.97 Å². The molecule has 0 amide bonds. The van der Waals surface area contributed by atoms with Gasteiger partial charge < -0.3 is 4.74 Å². The van der Waals surface area contributed by atoms with Crippen LogP contribution in [0, 0.1) is 6.92 Å². The van der Waals surface area contributed by atoms with Crippen molar-refractivity contribution in [1.82, 2.24) is 0 Å². The molecule has 2 heteroatoms. The normalized spacial score (nSPS) is 9.86. The van der Waals surface area contributed by atoms with Crippen molar-refractivity contribution in [3.63, 3.8) is 0 Å². The lowest BCUT2D eigenvalue weighted by Gasteiger charge is -2.03. The molecule has 1 rings (SSSR count). The van der Waals surface area contributed by atoms with Crippen molar-refractivity contribution in [3.05, 3.63) is 35.4 Å². The summed E-state index contributed by atoms with van der Waals surface area (Å²) in [6.07, 6.45) is 1.35. The summed E-state index contributed by atoms with van der Waals surface area (Å²) in [4.78, 5) is 11.1. The van der Waals surface area contributed by atoms with Crippen LogP contribution in [0.3, 0.4) is 0 Å². The highest BCUT2D eigenvalue weighted by molar-refractivity contribution is 5.69. The molecule has 76 valence electrons. The number of carbonyl (C=O) groups excluding carboxylic acids is 1. The SMILES string of the molecule is CCCC(=O)OCc1ccc(C)cc1. The Morgan fingerprint density at radius 1 is 1.29 bits per heavy atom. The molecule has 14 heavy (non-hydrogen) atoms. The maximum absolute atomic E-state index is 11.1. The molecule has 0 saturated heterocycles. The van der Waals surface area contributed by atoms with Crippen molar-refractivity contribution >= 4 is 5.97 Å². The molecule has 0 atom stereocenters. The van der Waals surface area contributed by atoms with E-state index in [0.29, 0.717) is 13.0 Å². The average molecular weight is 192 g/mol. The number of hydrogen-bond acceptors (Lipinski definition) is 2. The molecule has 0 aliphatic carbocycles. The van der Waals surface area contributed by atoms with Crippen molar-refractivity contribution in [2.45, 2.75) is 33.3 Å². The lowest BCUT2D eigenvalue weighted by atomic mass is 10.2. The fourth-order valence-corrected chi connectivity index (χ4v) is 1.12. The second-order valence-electron chi connectivity index (χ2n) is 3.40. The largest absolute Gasteiger partial charge is 0.461 e. The first-order valence-electron chi connectivity index (χ1n) is 4.93. The van der Waals surface area contributed by atoms with E-state index in [4.69, 9.17) is 4.74 Å². The maximum Gasteiger partial charge on any atom is 0.306 e. The maximum atomic E-state index is 11.1. The highest BCUT2D eigenvalue weighted by Gasteiger charge is 2.00. The third-order valence-electron chi connectivity index (χ3n) is 1.97. The second kappa shape index (κ2) is 5.43. The number of ether oxygens (including phenoxy) is 1. The van der Waals surface area contributed by atoms with Crippen LogP contribution >= 0.6 is 0 Å². The molecule has 0 unspecified atom stereocenters. The number of rotatable bonds is 4. The molecule has 0 spiro atoms. The van der Waals surface area contributed by atoms with Crippen LogP contribution < -0.4 is 0 Å². The van der Waals surface area contributed by atoms with Crippen LogP contribution in [0.5, 0.6) is 0 Å². The summed E-state index contributed by atoms with van der Waals surface area (Å²) < 4.78 is 5.07. The van der Waals surface area contributed by atoms with Crippen LogP contribution in [-0.4, -0.2) is 5.97 Å². The Balaban J connectivity index is 2.38. The minimum atomic E-state index is -0.118. The van der Waals surface area contributed by atoms with Gasteiger partial charge in [-0.15, -0.1) is 0 Å². The van der Waals surface area contributed by atoms with Crippen LogP contribution in [0.15, 0.2) is 24.3 Å². The van der Waals surface area contributed by atoms with Crippen molar-refractivity contribution in [1.29, 1.82) is 0 Å². The lowest BCUT2D eigenvalue weighted by molar-refractivity contribution is -0.144. The van der Waals surface area contributed by atoms with Gasteiger partial charge in [0, 0.05) is 6.42 Å². The van der Waals surface area contributed by atoms with Gasteiger partial charge in [0.25, 0.3) is 0 Å². The minimum Gasteiger partial charge on any atom is -0.461 e. The van der Waals surface area contributed by atoms with Gasteiger partial charge in [-0.25, -0.2) is 0 Å². The van der Waals surface area contributed by atoms with E-state index in [1.54, 1.807) is 0 Å². The van der Waals surface area contributed by atoms with E-state index in [9.17, 15) is 4.79 Å². The molecule has 2 nitrogen and oxygen atoms in total. The Morgan fingerprint density at radius 3 is 2.50 bits per heavy atom. The molecular weight excluding hydrogens is 176 g/mol. The first-order valence-corrected chi connectivity index (χ1v) is 4.93. The van der Waals surface area contributed by atoms with Crippen LogP contribution in [0.1, 0.15) is 30.9 Å². The van der Waals surface area contributed by atoms with Crippen molar-refractivity contribution in [2.24, 2.45) is 0 Å². The summed E-state index contributed by atoms with van der Waals surface area (Å²) in [5.41, 5.74) is 2.26. The Kier molecular flexibility index (Phi) is 4.17. The zero-order valence-corrected chi connectivity index (χ0v) is 8.75. The quantitative estimate of drug-likeness (QED) is 0.686. The Labute approximate surface area is 84.9 Å². The Bertz CT molecular complexity index is 288. The molecule has 0 N–H and O–H groups in total. The van der Waals surface area contributed by atoms with Gasteiger partial charge in [0.2, 0.25) is 0 Å². The number of benzene rings is 1. The molecule has 0 radical (unpaired) electrons. The number of hydrogen-bond donors (Lipinski definition) is 0. The van der Waals surface area contributed by atoms with E-state index < -0.39 is 0 Å². The highest BCUT2D eigenvalue weighted by Crippen LogP contribution is 2.05. The van der Waals surface area contributed by atoms with Crippen LogP contribution in [-0.2, 0) is 16.1 Å². The summed E-state index contributed by atoms with van der Waals surface area (Å²) >= 11 is 0. The third-order valence-corrected chi connectivity index (χ3v) is 1.97. The van der Waals surface area contributed by atoms with Gasteiger partial charge in [0.15, 0.2) is 0 Å². The molecule has 1 aromatic rings. The summed E-state index contributed by atoms with van der Waals surface area (Å²) in [7, 11) is 0. The highest BCUT2D eigenvalue weighted by atomic mass is 16.5. The zero-order chi connectivity index (χ0) is 10.4. The van der Waals surface area contributed by atoms with Gasteiger partial charge in [-0.3, -0.25) is 4.79 Å². The predicted molar refractivity (Wildman–Crippen MR) is 55.9 cm³/mol. The van der Waals surface area contributed by atoms with Crippen LogP contribution in [0.2, 0.25) is 0 Å². The zero-order valence-electron chi connectivity index (χ0n) is 8.75. The number of carbonyl (C=O) groups is 1. The van der Waals surface area contributed by atoms with Crippen molar-refractivity contribution < 1.29 is 9.53 Å². The fraction of sp³-hybridized carbons (Fsp3) is 0.417. The second-order valence-corrected chi connectivity index (χ2v) is 3.40. The van der Waals surface area contributed by atoms with Gasteiger partial charge in [0.1, 0.15) is 6.61 Å². The fourth-order valence-electron chi connectivity index (χ4n) is 1.12. The summed E-state index contributed by atoms with van der Waals surface area (Å²) in [5.74, 6) is -0.118. The Morgan fingerprint density at radius 2 is 1.93 bits per heavy atom. The van der Waals surface area contributed by atoms with Crippen LogP contribution in [0.4, 0.5) is 0 Å². The molecule has 0 saturated carbocycles. The first-order chi connectivity index (χ1) is 6.72. The van der Waals surface area contributed by atoms with E-state index in [1.165, 1.54) is 5.56 Å². The van der Waals surface area contributed by atoms with E-state index >= 15 is 0 Å². The molecule has 0 aliphatic heterocycles. The molecular formula is C12H16O2. The van der Waals surface area contributed by atoms with Gasteiger partial charge in [-0.2, -0.15) is 0 Å². The van der Waals surface area contributed by atoms with Crippen molar-refractivity contribution in [3.8, 4) is 0 Å². The van der Waals surface area contributed by atoms with Crippen LogP contribution in [0.25, 0.3) is 0 Å². The third kappa shape index (κ3) is 3.60. The van der Waals surface area contributed by atoms with E-state index in [1.807, 2.05) is 38.1 Å². The lowest BCUT2D eigenvalue weighted by Crippen LogP contribution is -2.03. The smallest absolute Gasteiger partial charge is 0.306 e. The van der Waals surface area contributed by atoms with E-state index in [0.717, 1.165) is 12.0 Å². The monoisotopic (exact) mass is 192 g/mol. The van der Waals surface area contributed by atoms with Gasteiger partial charge in [-0.1, -0.05) is 36.8 Å². The van der Waals surface area contributed by atoms with Gasteiger partial charge in [0.05, 0.1) is 0 Å². The summed E-state index contributed by atoms with van der Waals surface area (Å²) in [6.45, 7) is 4.39. The predicted octanol–water partition coefficient (Wildman–Crippen LogP) is 2.84. The first kappa shape index (κ1) is 10.8. The molecule has 0 heterocycles. The van der Waals surface area contributed by atoms with Gasteiger partial charge in [-0.05, 0) is 18.9 Å². The van der Waals surface area contributed by atoms with Crippen molar-refractivity contribution in [2.75, 3.05) is 0 Å². The average Bonchev–Trinajstić information content (AvgIpc) is 2.17. The molecule has 0 bridgehead atoms. The Hall–Kier alpha value is -1.31. The molecule has 1 aromatic carbocycles. The standard InChI is InChI=1S/C12H16O2/c1-3-4-12(13)14-9-11-7-5-10(2)6-8-11/h5-8H,3-4,9H2,1-2H3. The summed E-state index contributed by atoms with van der Waals surface area (Å²) in [5, 5.41) is 0. The molecule has 0 aromatic heterocycles. The van der Waals surface area contributed by atoms with E-state index in [2.05, 4.69) is 0 Å². The topological polar surface area (TPSA) is 26.3 Å². The number of esters is 1. The molecule has 0 fully saturated rings. The summed E-state index contributed by atoms with van der Waals surface area (Å²) in [6, 6.07) is 8.00. The minimum absolute atomic E-state index is 0.118. The van der Waals surface area contributed by atoms with E-state index in [-0.39, 0.29) is 5.97 Å². The number of aryl methyl sites for hydroxylation is 1. The molecule has 0 aliphatic rings.